The molecule has 1 aromatic carbocycles. The molecule has 21 heavy (non-hydrogen) atoms. The molecule has 0 aliphatic heterocycles. The summed E-state index contributed by atoms with van der Waals surface area (Å²) in [6.07, 6.45) is 6.12. The second kappa shape index (κ2) is 7.28. The summed E-state index contributed by atoms with van der Waals surface area (Å²) in [5, 5.41) is 3.09. The Morgan fingerprint density at radius 1 is 1.33 bits per heavy atom. The average molecular weight is 311 g/mol. The summed E-state index contributed by atoms with van der Waals surface area (Å²) in [4.78, 5) is 12.4. The topological polar surface area (TPSA) is 55.1 Å². The van der Waals surface area contributed by atoms with Crippen LogP contribution in [-0.4, -0.2) is 12.5 Å². The maximum Gasteiger partial charge on any atom is 0.244 e. The average Bonchev–Trinajstić information content (AvgIpc) is 2.42. The van der Waals surface area contributed by atoms with E-state index >= 15 is 0 Å². The summed E-state index contributed by atoms with van der Waals surface area (Å²) in [7, 11) is 0. The van der Waals surface area contributed by atoms with Gasteiger partial charge in [-0.25, -0.2) is 0 Å². The SMILES string of the molecule is CCCC1(CNC(=O)C(C)(N)c2ccccc2)CCC1.Cl. The van der Waals surface area contributed by atoms with Crippen molar-refractivity contribution in [3.05, 3.63) is 35.9 Å². The normalized spacial score (nSPS) is 18.8. The van der Waals surface area contributed by atoms with Crippen LogP contribution in [0.2, 0.25) is 0 Å². The summed E-state index contributed by atoms with van der Waals surface area (Å²) in [5.41, 5.74) is 6.46. The van der Waals surface area contributed by atoms with Gasteiger partial charge in [0.15, 0.2) is 0 Å². The molecule has 2 rings (SSSR count). The molecular formula is C17H27ClN2O. The number of hydrogen-bond donors (Lipinski definition) is 2. The van der Waals surface area contributed by atoms with Crippen LogP contribution < -0.4 is 11.1 Å². The maximum atomic E-state index is 12.4. The summed E-state index contributed by atoms with van der Waals surface area (Å²) in [6.45, 7) is 4.75. The Morgan fingerprint density at radius 3 is 2.43 bits per heavy atom. The van der Waals surface area contributed by atoms with E-state index in [1.807, 2.05) is 30.3 Å². The first-order valence-corrected chi connectivity index (χ1v) is 7.63. The highest BCUT2D eigenvalue weighted by atomic mass is 35.5. The molecule has 1 aliphatic rings. The van der Waals surface area contributed by atoms with E-state index in [9.17, 15) is 4.79 Å². The third-order valence-electron chi connectivity index (χ3n) is 4.66. The van der Waals surface area contributed by atoms with E-state index in [0.29, 0.717) is 5.41 Å². The number of nitrogens with two attached hydrogens (primary N) is 1. The Hall–Kier alpha value is -1.06. The van der Waals surface area contributed by atoms with E-state index in [4.69, 9.17) is 5.73 Å². The van der Waals surface area contributed by atoms with Gasteiger partial charge in [-0.15, -0.1) is 12.4 Å². The molecule has 3 N–H and O–H groups in total. The lowest BCUT2D eigenvalue weighted by Crippen LogP contribution is -2.52. The van der Waals surface area contributed by atoms with Gasteiger partial charge in [0.25, 0.3) is 0 Å². The fourth-order valence-electron chi connectivity index (χ4n) is 3.09. The Bertz CT molecular complexity index is 455. The number of carbonyl (C=O) groups excluding carboxylic acids is 1. The highest BCUT2D eigenvalue weighted by molar-refractivity contribution is 5.87. The maximum absolute atomic E-state index is 12.4. The van der Waals surface area contributed by atoms with Crippen LogP contribution in [0.25, 0.3) is 0 Å². The molecule has 1 aromatic rings. The van der Waals surface area contributed by atoms with Gasteiger partial charge in [-0.3, -0.25) is 4.79 Å². The van der Waals surface area contributed by atoms with Crippen molar-refractivity contribution in [3.63, 3.8) is 0 Å². The zero-order valence-electron chi connectivity index (χ0n) is 13.0. The van der Waals surface area contributed by atoms with Gasteiger partial charge in [0, 0.05) is 6.54 Å². The molecule has 0 radical (unpaired) electrons. The zero-order chi connectivity index (χ0) is 14.6. The fraction of sp³-hybridized carbons (Fsp3) is 0.588. The molecule has 0 aromatic heterocycles. The Morgan fingerprint density at radius 2 is 1.95 bits per heavy atom. The van der Waals surface area contributed by atoms with Crippen LogP contribution in [0.1, 0.15) is 51.5 Å². The first-order chi connectivity index (χ1) is 9.50. The molecule has 118 valence electrons. The number of hydrogen-bond acceptors (Lipinski definition) is 2. The molecule has 0 saturated heterocycles. The minimum absolute atomic E-state index is 0. The molecule has 1 amide bonds. The minimum Gasteiger partial charge on any atom is -0.354 e. The molecule has 1 unspecified atom stereocenters. The monoisotopic (exact) mass is 310 g/mol. The van der Waals surface area contributed by atoms with Gasteiger partial charge in [-0.05, 0) is 37.2 Å². The third-order valence-corrected chi connectivity index (χ3v) is 4.66. The van der Waals surface area contributed by atoms with Crippen molar-refractivity contribution in [1.29, 1.82) is 0 Å². The number of nitrogens with one attached hydrogen (secondary N) is 1. The van der Waals surface area contributed by atoms with Crippen LogP contribution in [0.4, 0.5) is 0 Å². The quantitative estimate of drug-likeness (QED) is 0.846. The second-order valence-corrected chi connectivity index (χ2v) is 6.35. The van der Waals surface area contributed by atoms with E-state index in [0.717, 1.165) is 12.1 Å². The predicted octanol–water partition coefficient (Wildman–Crippen LogP) is 3.37. The summed E-state index contributed by atoms with van der Waals surface area (Å²) < 4.78 is 0. The van der Waals surface area contributed by atoms with Gasteiger partial charge >= 0.3 is 0 Å². The van der Waals surface area contributed by atoms with Gasteiger partial charge in [0.05, 0.1) is 0 Å². The van der Waals surface area contributed by atoms with Crippen LogP contribution in [-0.2, 0) is 10.3 Å². The first-order valence-electron chi connectivity index (χ1n) is 7.63. The number of amides is 1. The molecule has 0 heterocycles. The molecule has 1 saturated carbocycles. The lowest BCUT2D eigenvalue weighted by atomic mass is 9.66. The predicted molar refractivity (Wildman–Crippen MR) is 89.4 cm³/mol. The first kappa shape index (κ1) is 18.0. The molecule has 1 atom stereocenters. The van der Waals surface area contributed by atoms with Crippen molar-refractivity contribution in [3.8, 4) is 0 Å². The Labute approximate surface area is 134 Å². The molecule has 1 aliphatic carbocycles. The van der Waals surface area contributed by atoms with E-state index in [1.54, 1.807) is 6.92 Å². The van der Waals surface area contributed by atoms with E-state index < -0.39 is 5.54 Å². The van der Waals surface area contributed by atoms with Crippen molar-refractivity contribution >= 4 is 18.3 Å². The number of halogens is 1. The fourth-order valence-corrected chi connectivity index (χ4v) is 3.09. The number of benzene rings is 1. The van der Waals surface area contributed by atoms with Gasteiger partial charge < -0.3 is 11.1 Å². The zero-order valence-corrected chi connectivity index (χ0v) is 13.8. The van der Waals surface area contributed by atoms with Crippen molar-refractivity contribution in [2.24, 2.45) is 11.1 Å². The Balaban J connectivity index is 0.00000220. The van der Waals surface area contributed by atoms with Crippen molar-refractivity contribution < 1.29 is 4.79 Å². The van der Waals surface area contributed by atoms with Crippen molar-refractivity contribution in [1.82, 2.24) is 5.32 Å². The van der Waals surface area contributed by atoms with Gasteiger partial charge in [-0.2, -0.15) is 0 Å². The minimum atomic E-state index is -0.960. The third kappa shape index (κ3) is 3.98. The summed E-state index contributed by atoms with van der Waals surface area (Å²) in [5.74, 6) is -0.0777. The van der Waals surface area contributed by atoms with Crippen LogP contribution in [0.15, 0.2) is 30.3 Å². The van der Waals surface area contributed by atoms with Gasteiger partial charge in [-0.1, -0.05) is 50.1 Å². The Kier molecular flexibility index (Phi) is 6.24. The largest absolute Gasteiger partial charge is 0.354 e. The van der Waals surface area contributed by atoms with E-state index in [2.05, 4.69) is 12.2 Å². The molecule has 4 heteroatoms. The van der Waals surface area contributed by atoms with Crippen LogP contribution in [0, 0.1) is 5.41 Å². The lowest BCUT2D eigenvalue weighted by molar-refractivity contribution is -0.127. The van der Waals surface area contributed by atoms with Crippen molar-refractivity contribution in [2.75, 3.05) is 6.54 Å². The van der Waals surface area contributed by atoms with Gasteiger partial charge in [0.2, 0.25) is 5.91 Å². The number of rotatable bonds is 6. The number of carbonyl (C=O) groups is 1. The van der Waals surface area contributed by atoms with Gasteiger partial charge in [0.1, 0.15) is 5.54 Å². The van der Waals surface area contributed by atoms with Crippen LogP contribution in [0.5, 0.6) is 0 Å². The van der Waals surface area contributed by atoms with Crippen LogP contribution in [0.3, 0.4) is 0 Å². The highest BCUT2D eigenvalue weighted by Crippen LogP contribution is 2.44. The molecule has 1 fully saturated rings. The molecular weight excluding hydrogens is 284 g/mol. The highest BCUT2D eigenvalue weighted by Gasteiger charge is 2.38. The molecule has 0 bridgehead atoms. The molecule has 3 nitrogen and oxygen atoms in total. The smallest absolute Gasteiger partial charge is 0.244 e. The van der Waals surface area contributed by atoms with E-state index in [-0.39, 0.29) is 18.3 Å². The summed E-state index contributed by atoms with van der Waals surface area (Å²) in [6, 6.07) is 9.58. The standard InChI is InChI=1S/C17H26N2O.ClH/c1-3-10-17(11-7-12-17)13-19-15(20)16(2,18)14-8-5-4-6-9-14;/h4-6,8-9H,3,7,10-13,18H2,1-2H3,(H,19,20);1H. The summed E-state index contributed by atoms with van der Waals surface area (Å²) >= 11 is 0. The second-order valence-electron chi connectivity index (χ2n) is 6.35. The van der Waals surface area contributed by atoms with Crippen LogP contribution >= 0.6 is 12.4 Å². The van der Waals surface area contributed by atoms with Crippen molar-refractivity contribution in [2.45, 2.75) is 51.5 Å². The lowest BCUT2D eigenvalue weighted by Gasteiger charge is -2.42. The van der Waals surface area contributed by atoms with E-state index in [1.165, 1.54) is 32.1 Å². The molecule has 0 spiro atoms.